The quantitative estimate of drug-likeness (QED) is 0.0510. The summed E-state index contributed by atoms with van der Waals surface area (Å²) in [5.41, 5.74) is 9.72. The minimum atomic E-state index is -0.390. The molecular formula is C39H40N10O6S. The Balaban J connectivity index is 0.859. The normalized spacial score (nSPS) is 11.4. The molecule has 16 nitrogen and oxygen atoms in total. The average Bonchev–Trinajstić information content (AvgIpc) is 3.74. The number of aromatic amines is 2. The number of benzene rings is 3. The summed E-state index contributed by atoms with van der Waals surface area (Å²) in [6, 6.07) is 23.8. The Morgan fingerprint density at radius 3 is 2.39 bits per heavy atom. The topological polar surface area (TPSA) is 217 Å². The molecule has 0 fully saturated rings. The van der Waals surface area contributed by atoms with Crippen LogP contribution in [0.1, 0.15) is 35.7 Å². The van der Waals surface area contributed by atoms with Gasteiger partial charge in [-0.1, -0.05) is 73.6 Å². The molecule has 0 bridgehead atoms. The molecular weight excluding hydrogens is 737 g/mol. The molecule has 4 heterocycles. The fourth-order valence-electron chi connectivity index (χ4n) is 6.02. The smallest absolute Gasteiger partial charge is 0.328 e. The van der Waals surface area contributed by atoms with Gasteiger partial charge in [-0.25, -0.2) is 9.78 Å². The standard InChI is InChI=1S/C39H40N10O6S/c1-2-3-19-55-37-46-33(40)32-34(47-37)48(38(53)44-32)22-24-13-15-25(16-14-24)35(51)42-18-21-54-20-17-41-29(50)23-56-39-45-30-27-11-7-8-12-28(27)43-31(30)36(52)49(39)26-9-5-4-6-10-26/h4-16,43H,2-3,17-23H2,1H3,(H,41,50)(H,42,51)(H,44,53)(H2,40,46,47). The number of carbonyl (C=O) groups is 2. The summed E-state index contributed by atoms with van der Waals surface area (Å²) in [5, 5.41) is 6.88. The zero-order valence-corrected chi connectivity index (χ0v) is 31.4. The monoisotopic (exact) mass is 776 g/mol. The lowest BCUT2D eigenvalue weighted by Gasteiger charge is -2.12. The number of amides is 2. The number of fused-ring (bicyclic) bond motifs is 4. The highest BCUT2D eigenvalue weighted by molar-refractivity contribution is 7.99. The van der Waals surface area contributed by atoms with Crippen LogP contribution in [0.4, 0.5) is 5.82 Å². The molecule has 0 spiro atoms. The fourth-order valence-corrected chi connectivity index (χ4v) is 6.86. The number of anilines is 1. The van der Waals surface area contributed by atoms with Crippen molar-refractivity contribution in [2.24, 2.45) is 0 Å². The number of thioether (sulfide) groups is 1. The third-order valence-corrected chi connectivity index (χ3v) is 9.80. The third-order valence-electron chi connectivity index (χ3n) is 8.86. The van der Waals surface area contributed by atoms with Gasteiger partial charge in [0.1, 0.15) is 16.6 Å². The first-order valence-corrected chi connectivity index (χ1v) is 19.1. The van der Waals surface area contributed by atoms with E-state index in [1.165, 1.54) is 20.9 Å². The molecule has 3 aromatic carbocycles. The van der Waals surface area contributed by atoms with E-state index in [0.29, 0.717) is 45.2 Å². The Bertz CT molecular complexity index is 2620. The summed E-state index contributed by atoms with van der Waals surface area (Å²) < 4.78 is 14.2. The van der Waals surface area contributed by atoms with Crippen molar-refractivity contribution < 1.29 is 19.1 Å². The van der Waals surface area contributed by atoms with Gasteiger partial charge in [-0.15, -0.1) is 0 Å². The van der Waals surface area contributed by atoms with E-state index < -0.39 is 0 Å². The van der Waals surface area contributed by atoms with Gasteiger partial charge in [0.2, 0.25) is 5.91 Å². The van der Waals surface area contributed by atoms with Gasteiger partial charge in [0.15, 0.2) is 16.6 Å². The summed E-state index contributed by atoms with van der Waals surface area (Å²) in [6.07, 6.45) is 1.78. The van der Waals surface area contributed by atoms with Crippen molar-refractivity contribution >= 4 is 62.5 Å². The number of ether oxygens (including phenoxy) is 2. The Hall–Kier alpha value is -6.46. The Kier molecular flexibility index (Phi) is 11.7. The second-order valence-electron chi connectivity index (χ2n) is 12.8. The highest BCUT2D eigenvalue weighted by atomic mass is 32.2. The lowest BCUT2D eigenvalue weighted by molar-refractivity contribution is -0.118. The Morgan fingerprint density at radius 1 is 0.857 bits per heavy atom. The van der Waals surface area contributed by atoms with Crippen LogP contribution in [0.5, 0.6) is 6.01 Å². The first kappa shape index (κ1) is 37.8. The molecule has 17 heteroatoms. The molecule has 0 radical (unpaired) electrons. The first-order valence-electron chi connectivity index (χ1n) is 18.1. The van der Waals surface area contributed by atoms with Crippen molar-refractivity contribution in [3.8, 4) is 11.7 Å². The first-order chi connectivity index (χ1) is 27.3. The number of imidazole rings is 1. The largest absolute Gasteiger partial charge is 0.463 e. The highest BCUT2D eigenvalue weighted by Crippen LogP contribution is 2.26. The minimum absolute atomic E-state index is 0.0402. The van der Waals surface area contributed by atoms with Gasteiger partial charge in [0, 0.05) is 29.6 Å². The van der Waals surface area contributed by atoms with Gasteiger partial charge in [0.05, 0.1) is 37.8 Å². The number of hydrogen-bond donors (Lipinski definition) is 5. The lowest BCUT2D eigenvalue weighted by Crippen LogP contribution is -2.31. The molecule has 6 N–H and O–H groups in total. The molecule has 0 unspecified atom stereocenters. The lowest BCUT2D eigenvalue weighted by atomic mass is 10.1. The number of H-pyrrole nitrogens is 2. The van der Waals surface area contributed by atoms with Crippen molar-refractivity contribution in [3.63, 3.8) is 0 Å². The van der Waals surface area contributed by atoms with Crippen LogP contribution >= 0.6 is 11.8 Å². The van der Waals surface area contributed by atoms with Crippen LogP contribution in [0.25, 0.3) is 38.8 Å². The van der Waals surface area contributed by atoms with Gasteiger partial charge in [-0.05, 0) is 42.3 Å². The predicted molar refractivity (Wildman–Crippen MR) is 215 cm³/mol. The molecule has 7 rings (SSSR count). The molecule has 0 saturated carbocycles. The number of nitrogens with zero attached hydrogens (tertiary/aromatic N) is 5. The van der Waals surface area contributed by atoms with Crippen LogP contribution in [0.2, 0.25) is 0 Å². The van der Waals surface area contributed by atoms with Gasteiger partial charge in [0.25, 0.3) is 11.5 Å². The van der Waals surface area contributed by atoms with E-state index in [4.69, 9.17) is 20.2 Å². The number of nitrogens with two attached hydrogens (primary N) is 1. The molecule has 7 aromatic rings. The number of hydrogen-bond acceptors (Lipinski definition) is 11. The molecule has 4 aromatic heterocycles. The number of rotatable bonds is 17. The SMILES string of the molecule is CCCCOc1nc(N)c2[nH]c(=O)n(Cc3ccc(C(=O)NCCOCCNC(=O)CSc4nc5c([nH]c6ccccc65)c(=O)n4-c4ccccc4)cc3)c2n1. The van der Waals surface area contributed by atoms with Crippen LogP contribution < -0.4 is 32.4 Å². The summed E-state index contributed by atoms with van der Waals surface area (Å²) in [5.74, 6) is -0.355. The van der Waals surface area contributed by atoms with Crippen LogP contribution in [-0.4, -0.2) is 84.5 Å². The van der Waals surface area contributed by atoms with Gasteiger partial charge in [-0.3, -0.25) is 23.5 Å². The summed E-state index contributed by atoms with van der Waals surface area (Å²) in [4.78, 5) is 71.2. The number of carbonyl (C=O) groups excluding carboxylic acids is 2. The number of unbranched alkanes of at least 4 members (excludes halogenated alkanes) is 1. The van der Waals surface area contributed by atoms with Gasteiger partial charge in [-0.2, -0.15) is 9.97 Å². The van der Waals surface area contributed by atoms with Crippen LogP contribution in [0, 0.1) is 0 Å². The van der Waals surface area contributed by atoms with E-state index in [0.717, 1.165) is 29.3 Å². The maximum absolute atomic E-state index is 13.7. The van der Waals surface area contributed by atoms with E-state index in [-0.39, 0.29) is 73.5 Å². The zero-order chi connectivity index (χ0) is 39.0. The predicted octanol–water partition coefficient (Wildman–Crippen LogP) is 3.76. The van der Waals surface area contributed by atoms with Crippen molar-refractivity contribution in [1.82, 2.24) is 44.7 Å². The summed E-state index contributed by atoms with van der Waals surface area (Å²) in [7, 11) is 0. The van der Waals surface area contributed by atoms with E-state index in [9.17, 15) is 19.2 Å². The second-order valence-corrected chi connectivity index (χ2v) is 13.7. The number of nitrogen functional groups attached to an aromatic ring is 1. The average molecular weight is 777 g/mol. The second kappa shape index (κ2) is 17.3. The molecule has 2 amide bonds. The molecule has 0 aliphatic heterocycles. The van der Waals surface area contributed by atoms with Crippen molar-refractivity contribution in [2.45, 2.75) is 31.5 Å². The van der Waals surface area contributed by atoms with Crippen molar-refractivity contribution in [3.05, 3.63) is 111 Å². The molecule has 0 atom stereocenters. The number of aromatic nitrogens is 7. The summed E-state index contributed by atoms with van der Waals surface area (Å²) in [6.45, 7) is 3.69. The number of para-hydroxylation sites is 2. The molecule has 56 heavy (non-hydrogen) atoms. The van der Waals surface area contributed by atoms with Crippen LogP contribution in [-0.2, 0) is 16.1 Å². The van der Waals surface area contributed by atoms with Crippen LogP contribution in [0.3, 0.4) is 0 Å². The molecule has 288 valence electrons. The molecule has 0 saturated heterocycles. The zero-order valence-electron chi connectivity index (χ0n) is 30.5. The Morgan fingerprint density at radius 2 is 1.61 bits per heavy atom. The highest BCUT2D eigenvalue weighted by Gasteiger charge is 2.19. The number of nitrogens with one attached hydrogen (secondary N) is 4. The van der Waals surface area contributed by atoms with Gasteiger partial charge < -0.3 is 35.8 Å². The maximum Gasteiger partial charge on any atom is 0.328 e. The van der Waals surface area contributed by atoms with E-state index >= 15 is 0 Å². The van der Waals surface area contributed by atoms with E-state index in [1.54, 1.807) is 24.3 Å². The van der Waals surface area contributed by atoms with Crippen LogP contribution in [0.15, 0.2) is 93.6 Å². The fraction of sp³-hybridized carbons (Fsp3) is 0.256. The minimum Gasteiger partial charge on any atom is -0.463 e. The third kappa shape index (κ3) is 8.43. The van der Waals surface area contributed by atoms with Crippen molar-refractivity contribution in [1.29, 1.82) is 0 Å². The van der Waals surface area contributed by atoms with Gasteiger partial charge >= 0.3 is 11.7 Å². The van der Waals surface area contributed by atoms with E-state index in [1.807, 2.05) is 61.5 Å². The molecule has 0 aliphatic carbocycles. The molecule has 0 aliphatic rings. The van der Waals surface area contributed by atoms with Crippen molar-refractivity contribution in [2.75, 3.05) is 44.4 Å². The maximum atomic E-state index is 13.7. The summed E-state index contributed by atoms with van der Waals surface area (Å²) >= 11 is 1.18. The Labute approximate surface area is 323 Å². The van der Waals surface area contributed by atoms with E-state index in [2.05, 4.69) is 30.6 Å².